The third-order valence-electron chi connectivity index (χ3n) is 8.39. The number of carbonyl (C=O) groups is 2. The Balaban J connectivity index is 1.10. The third kappa shape index (κ3) is 6.27. The Morgan fingerprint density at radius 2 is 1.62 bits per heavy atom. The molecule has 0 radical (unpaired) electrons. The molecular weight excluding hydrogens is 466 g/mol. The Morgan fingerprint density at radius 3 is 2.30 bits per heavy atom. The smallest absolute Gasteiger partial charge is 0.313 e. The van der Waals surface area contributed by atoms with Crippen molar-refractivity contribution >= 4 is 17.6 Å². The van der Waals surface area contributed by atoms with Gasteiger partial charge in [-0.05, 0) is 91.9 Å². The number of nitrogens with one attached hydrogen (secondary N) is 1. The van der Waals surface area contributed by atoms with Crippen LogP contribution in [-0.4, -0.2) is 29.2 Å². The lowest BCUT2D eigenvalue weighted by atomic mass is 9.60. The second kappa shape index (κ2) is 11.3. The minimum Gasteiger partial charge on any atom is -0.469 e. The van der Waals surface area contributed by atoms with Gasteiger partial charge in [-0.3, -0.25) is 9.59 Å². The van der Waals surface area contributed by atoms with Crippen LogP contribution in [-0.2, 0) is 16.0 Å². The van der Waals surface area contributed by atoms with E-state index in [-0.39, 0.29) is 11.9 Å². The van der Waals surface area contributed by atoms with E-state index in [2.05, 4.69) is 27.6 Å². The maximum Gasteiger partial charge on any atom is 0.313 e. The summed E-state index contributed by atoms with van der Waals surface area (Å²) in [5.41, 5.74) is 3.55. The zero-order valence-corrected chi connectivity index (χ0v) is 21.4. The first-order chi connectivity index (χ1) is 18.0. The molecule has 1 amide bonds. The summed E-state index contributed by atoms with van der Waals surface area (Å²) in [7, 11) is 1.48. The first kappa shape index (κ1) is 25.2. The number of hydrogen-bond donors (Lipinski definition) is 1. The molecule has 1 heterocycles. The van der Waals surface area contributed by atoms with E-state index < -0.39 is 5.91 Å². The molecule has 37 heavy (non-hydrogen) atoms. The summed E-state index contributed by atoms with van der Waals surface area (Å²) in [4.78, 5) is 24.2. The molecular formula is C30H35N3O4. The SMILES string of the molecule is COC(=O)CC1CCC2(CC1)CCC(c1ccc(NC(=O)c3nnc(Cc4ccccc4)o3)cc1)CC2. The standard InChI is InChI=1S/C30H35N3O4/c1-36-27(34)20-22-11-15-30(16-12-22)17-13-24(14-18-30)23-7-9-25(10-8-23)31-28(35)29-33-32-26(37-29)19-21-5-3-2-4-6-21/h2-10,22,24H,11-20H2,1H3,(H,31,35). The number of carbonyl (C=O) groups excluding carboxylic acids is 2. The highest BCUT2D eigenvalue weighted by Gasteiger charge is 2.39. The number of nitrogens with zero attached hydrogens (tertiary/aromatic N) is 2. The predicted molar refractivity (Wildman–Crippen MR) is 140 cm³/mol. The molecule has 7 nitrogen and oxygen atoms in total. The fourth-order valence-electron chi connectivity index (χ4n) is 6.09. The maximum atomic E-state index is 12.6. The predicted octanol–water partition coefficient (Wildman–Crippen LogP) is 6.31. The Kier molecular flexibility index (Phi) is 7.68. The van der Waals surface area contributed by atoms with Gasteiger partial charge < -0.3 is 14.5 Å². The van der Waals surface area contributed by atoms with Crippen molar-refractivity contribution in [1.29, 1.82) is 0 Å². The van der Waals surface area contributed by atoms with Crippen LogP contribution in [0.25, 0.3) is 0 Å². The van der Waals surface area contributed by atoms with Crippen molar-refractivity contribution in [2.75, 3.05) is 12.4 Å². The zero-order valence-electron chi connectivity index (χ0n) is 21.4. The van der Waals surface area contributed by atoms with Crippen LogP contribution in [0.15, 0.2) is 59.0 Å². The number of esters is 1. The molecule has 0 aliphatic heterocycles. The van der Waals surface area contributed by atoms with Crippen molar-refractivity contribution < 1.29 is 18.7 Å². The molecule has 5 rings (SSSR count). The van der Waals surface area contributed by atoms with Crippen LogP contribution in [0.4, 0.5) is 5.69 Å². The van der Waals surface area contributed by atoms with E-state index in [1.54, 1.807) is 0 Å². The molecule has 2 saturated carbocycles. The Labute approximate surface area is 218 Å². The zero-order chi connectivity index (χ0) is 25.7. The van der Waals surface area contributed by atoms with Crippen molar-refractivity contribution in [3.63, 3.8) is 0 Å². The van der Waals surface area contributed by atoms with Gasteiger partial charge in [0, 0.05) is 12.1 Å². The topological polar surface area (TPSA) is 94.3 Å². The van der Waals surface area contributed by atoms with Crippen molar-refractivity contribution in [2.45, 2.75) is 70.1 Å². The van der Waals surface area contributed by atoms with E-state index in [1.807, 2.05) is 42.5 Å². The highest BCUT2D eigenvalue weighted by atomic mass is 16.5. The van der Waals surface area contributed by atoms with E-state index in [9.17, 15) is 9.59 Å². The largest absolute Gasteiger partial charge is 0.469 e. The summed E-state index contributed by atoms with van der Waals surface area (Å²) in [6, 6.07) is 18.0. The molecule has 0 bridgehead atoms. The lowest BCUT2D eigenvalue weighted by Crippen LogP contribution is -2.32. The minimum atomic E-state index is -0.401. The second-order valence-electron chi connectivity index (χ2n) is 10.7. The molecule has 0 saturated heterocycles. The maximum absolute atomic E-state index is 12.6. The van der Waals surface area contributed by atoms with Crippen LogP contribution < -0.4 is 5.32 Å². The molecule has 1 N–H and O–H groups in total. The van der Waals surface area contributed by atoms with Crippen LogP contribution in [0.2, 0.25) is 0 Å². The van der Waals surface area contributed by atoms with Gasteiger partial charge in [0.1, 0.15) is 0 Å². The molecule has 2 fully saturated rings. The highest BCUT2D eigenvalue weighted by Crippen LogP contribution is 2.52. The molecule has 194 valence electrons. The van der Waals surface area contributed by atoms with E-state index >= 15 is 0 Å². The average molecular weight is 502 g/mol. The van der Waals surface area contributed by atoms with Crippen molar-refractivity contribution in [3.05, 3.63) is 77.5 Å². The summed E-state index contributed by atoms with van der Waals surface area (Å²) in [6.45, 7) is 0. The number of anilines is 1. The summed E-state index contributed by atoms with van der Waals surface area (Å²) in [6.07, 6.45) is 10.7. The number of amides is 1. The van der Waals surface area contributed by atoms with E-state index in [4.69, 9.17) is 9.15 Å². The monoisotopic (exact) mass is 501 g/mol. The number of aromatic nitrogens is 2. The summed E-state index contributed by atoms with van der Waals surface area (Å²) < 4.78 is 10.4. The molecule has 2 aliphatic carbocycles. The molecule has 7 heteroatoms. The molecule has 3 aromatic rings. The number of ether oxygens (including phenoxy) is 1. The van der Waals surface area contributed by atoms with Gasteiger partial charge in [0.15, 0.2) is 0 Å². The number of methoxy groups -OCH3 is 1. The van der Waals surface area contributed by atoms with Gasteiger partial charge in [-0.25, -0.2) is 0 Å². The van der Waals surface area contributed by atoms with Crippen molar-refractivity contribution in [1.82, 2.24) is 10.2 Å². The van der Waals surface area contributed by atoms with Gasteiger partial charge >= 0.3 is 17.8 Å². The third-order valence-corrected chi connectivity index (χ3v) is 8.39. The van der Waals surface area contributed by atoms with E-state index in [0.717, 1.165) is 18.4 Å². The van der Waals surface area contributed by atoms with E-state index in [0.29, 0.717) is 41.7 Å². The quantitative estimate of drug-likeness (QED) is 0.381. The number of hydrogen-bond acceptors (Lipinski definition) is 6. The van der Waals surface area contributed by atoms with Crippen LogP contribution in [0, 0.1) is 11.3 Å². The second-order valence-corrected chi connectivity index (χ2v) is 10.7. The van der Waals surface area contributed by atoms with Gasteiger partial charge in [-0.1, -0.05) is 42.5 Å². The van der Waals surface area contributed by atoms with Crippen LogP contribution >= 0.6 is 0 Å². The Hall–Kier alpha value is -3.48. The van der Waals surface area contributed by atoms with Gasteiger partial charge in [0.25, 0.3) is 0 Å². The van der Waals surface area contributed by atoms with Gasteiger partial charge in [-0.2, -0.15) is 0 Å². The summed E-state index contributed by atoms with van der Waals surface area (Å²) in [5.74, 6) is 0.949. The first-order valence-corrected chi connectivity index (χ1v) is 13.4. The summed E-state index contributed by atoms with van der Waals surface area (Å²) >= 11 is 0. The molecule has 1 spiro atoms. The molecule has 2 aliphatic rings. The van der Waals surface area contributed by atoms with Crippen molar-refractivity contribution in [2.24, 2.45) is 11.3 Å². The molecule has 0 atom stereocenters. The fourth-order valence-corrected chi connectivity index (χ4v) is 6.09. The lowest BCUT2D eigenvalue weighted by molar-refractivity contribution is -0.142. The minimum absolute atomic E-state index is 0.0334. The lowest BCUT2D eigenvalue weighted by Gasteiger charge is -2.45. The average Bonchev–Trinajstić information content (AvgIpc) is 3.40. The van der Waals surface area contributed by atoms with Gasteiger partial charge in [0.05, 0.1) is 13.5 Å². The van der Waals surface area contributed by atoms with Crippen LogP contribution in [0.3, 0.4) is 0 Å². The summed E-state index contributed by atoms with van der Waals surface area (Å²) in [5, 5.41) is 10.8. The van der Waals surface area contributed by atoms with Crippen molar-refractivity contribution in [3.8, 4) is 0 Å². The Morgan fingerprint density at radius 1 is 0.946 bits per heavy atom. The molecule has 1 aromatic heterocycles. The molecule has 0 unspecified atom stereocenters. The fraction of sp³-hybridized carbons (Fsp3) is 0.467. The highest BCUT2D eigenvalue weighted by molar-refractivity contribution is 6.00. The number of rotatable bonds is 7. The normalized spacial score (nSPS) is 23.5. The number of benzene rings is 2. The Bertz CT molecular complexity index is 1190. The molecule has 2 aromatic carbocycles. The van der Waals surface area contributed by atoms with Gasteiger partial charge in [0.2, 0.25) is 5.89 Å². The van der Waals surface area contributed by atoms with Crippen LogP contribution in [0.5, 0.6) is 0 Å². The van der Waals surface area contributed by atoms with E-state index in [1.165, 1.54) is 51.2 Å². The van der Waals surface area contributed by atoms with Gasteiger partial charge in [-0.15, -0.1) is 10.2 Å². The van der Waals surface area contributed by atoms with Crippen LogP contribution in [0.1, 0.15) is 91.4 Å². The first-order valence-electron chi connectivity index (χ1n) is 13.4.